The summed E-state index contributed by atoms with van der Waals surface area (Å²) in [6.45, 7) is 5.10. The lowest BCUT2D eigenvalue weighted by atomic mass is 10.1. The molecule has 17 heavy (non-hydrogen) atoms. The van der Waals surface area contributed by atoms with Crippen LogP contribution in [-0.2, 0) is 0 Å². The molecule has 1 amide bonds. The van der Waals surface area contributed by atoms with Crippen LogP contribution in [0.4, 0.5) is 0 Å². The van der Waals surface area contributed by atoms with Gasteiger partial charge in [-0.05, 0) is 37.9 Å². The maximum atomic E-state index is 11.8. The van der Waals surface area contributed by atoms with Crippen molar-refractivity contribution in [3.8, 4) is 5.75 Å². The van der Waals surface area contributed by atoms with Crippen molar-refractivity contribution in [3.63, 3.8) is 0 Å². The van der Waals surface area contributed by atoms with E-state index < -0.39 is 0 Å². The second-order valence-corrected chi connectivity index (χ2v) is 4.41. The number of phenolic OH excluding ortho intramolecular Hbond substituents is 1. The van der Waals surface area contributed by atoms with Crippen molar-refractivity contribution in [2.75, 3.05) is 13.1 Å². The van der Waals surface area contributed by atoms with E-state index >= 15 is 0 Å². The van der Waals surface area contributed by atoms with E-state index in [1.807, 2.05) is 13.8 Å². The van der Waals surface area contributed by atoms with Gasteiger partial charge in [0, 0.05) is 6.54 Å². The fourth-order valence-corrected chi connectivity index (χ4v) is 1.58. The van der Waals surface area contributed by atoms with Gasteiger partial charge in [0.2, 0.25) is 0 Å². The molecule has 1 unspecified atom stereocenters. The standard InChI is InChI=1S/C13H20N2O2/c1-9-3-4-12(16)11(7-9)13(17)15-8-10(2)5-6-14/h3-4,7,10,16H,5-6,8,14H2,1-2H3,(H,15,17). The topological polar surface area (TPSA) is 75.3 Å². The number of aromatic hydroxyl groups is 1. The van der Waals surface area contributed by atoms with Gasteiger partial charge in [0.25, 0.3) is 5.91 Å². The molecule has 94 valence electrons. The van der Waals surface area contributed by atoms with Gasteiger partial charge in [0.05, 0.1) is 5.56 Å². The summed E-state index contributed by atoms with van der Waals surface area (Å²) >= 11 is 0. The molecule has 4 N–H and O–H groups in total. The molecule has 0 aliphatic heterocycles. The first kappa shape index (κ1) is 13.5. The summed E-state index contributed by atoms with van der Waals surface area (Å²) in [5.41, 5.74) is 6.71. The number of nitrogens with one attached hydrogen (secondary N) is 1. The van der Waals surface area contributed by atoms with E-state index in [2.05, 4.69) is 5.32 Å². The van der Waals surface area contributed by atoms with Gasteiger partial charge < -0.3 is 16.2 Å². The average Bonchev–Trinajstić information content (AvgIpc) is 2.29. The van der Waals surface area contributed by atoms with Gasteiger partial charge in [0.1, 0.15) is 5.75 Å². The zero-order valence-corrected chi connectivity index (χ0v) is 10.4. The third-order valence-electron chi connectivity index (χ3n) is 2.67. The minimum atomic E-state index is -0.241. The molecule has 0 fully saturated rings. The third-order valence-corrected chi connectivity index (χ3v) is 2.67. The Hall–Kier alpha value is -1.55. The Kier molecular flexibility index (Phi) is 4.97. The van der Waals surface area contributed by atoms with Crippen molar-refractivity contribution in [1.29, 1.82) is 0 Å². The number of phenols is 1. The Labute approximate surface area is 102 Å². The van der Waals surface area contributed by atoms with E-state index in [-0.39, 0.29) is 11.7 Å². The molecule has 4 heteroatoms. The molecule has 1 rings (SSSR count). The largest absolute Gasteiger partial charge is 0.507 e. The lowest BCUT2D eigenvalue weighted by Crippen LogP contribution is -2.29. The van der Waals surface area contributed by atoms with E-state index in [9.17, 15) is 9.90 Å². The van der Waals surface area contributed by atoms with Crippen molar-refractivity contribution < 1.29 is 9.90 Å². The van der Waals surface area contributed by atoms with Crippen LogP contribution in [0.1, 0.15) is 29.3 Å². The monoisotopic (exact) mass is 236 g/mol. The minimum absolute atomic E-state index is 0.0135. The number of carbonyl (C=O) groups excluding carboxylic acids is 1. The fourth-order valence-electron chi connectivity index (χ4n) is 1.58. The molecule has 4 nitrogen and oxygen atoms in total. The van der Waals surface area contributed by atoms with Gasteiger partial charge in [-0.2, -0.15) is 0 Å². The molecule has 0 aromatic heterocycles. The first-order chi connectivity index (χ1) is 8.04. The molecule has 0 heterocycles. The lowest BCUT2D eigenvalue weighted by molar-refractivity contribution is 0.0945. The molecular formula is C13H20N2O2. The Morgan fingerprint density at radius 1 is 1.53 bits per heavy atom. The second kappa shape index (κ2) is 6.25. The molecule has 0 saturated carbocycles. The normalized spacial score (nSPS) is 12.2. The number of nitrogens with two attached hydrogens (primary N) is 1. The quantitative estimate of drug-likeness (QED) is 0.723. The van der Waals surface area contributed by atoms with E-state index in [1.54, 1.807) is 12.1 Å². The number of amides is 1. The van der Waals surface area contributed by atoms with Crippen LogP contribution in [0.5, 0.6) is 5.75 Å². The summed E-state index contributed by atoms with van der Waals surface area (Å²) in [6, 6.07) is 4.98. The summed E-state index contributed by atoms with van der Waals surface area (Å²) in [5, 5.41) is 12.4. The van der Waals surface area contributed by atoms with Gasteiger partial charge in [-0.1, -0.05) is 18.6 Å². The lowest BCUT2D eigenvalue weighted by Gasteiger charge is -2.12. The van der Waals surface area contributed by atoms with Crippen molar-refractivity contribution in [1.82, 2.24) is 5.32 Å². The van der Waals surface area contributed by atoms with Gasteiger partial charge in [0.15, 0.2) is 0 Å². The van der Waals surface area contributed by atoms with Crippen LogP contribution in [0.15, 0.2) is 18.2 Å². The van der Waals surface area contributed by atoms with Gasteiger partial charge in [-0.25, -0.2) is 0 Å². The van der Waals surface area contributed by atoms with E-state index in [4.69, 9.17) is 5.73 Å². The maximum absolute atomic E-state index is 11.8. The average molecular weight is 236 g/mol. The molecular weight excluding hydrogens is 216 g/mol. The summed E-state index contributed by atoms with van der Waals surface area (Å²) in [4.78, 5) is 11.8. The highest BCUT2D eigenvalue weighted by Crippen LogP contribution is 2.17. The SMILES string of the molecule is Cc1ccc(O)c(C(=O)NCC(C)CCN)c1. The summed E-state index contributed by atoms with van der Waals surface area (Å²) in [6.07, 6.45) is 0.875. The number of hydrogen-bond donors (Lipinski definition) is 3. The van der Waals surface area contributed by atoms with Gasteiger partial charge in [-0.3, -0.25) is 4.79 Å². The van der Waals surface area contributed by atoms with Crippen LogP contribution in [0.3, 0.4) is 0 Å². The van der Waals surface area contributed by atoms with Crippen molar-refractivity contribution in [2.45, 2.75) is 20.3 Å². The summed E-state index contributed by atoms with van der Waals surface area (Å²) < 4.78 is 0. The number of hydrogen-bond acceptors (Lipinski definition) is 3. The van der Waals surface area contributed by atoms with Crippen molar-refractivity contribution in [2.24, 2.45) is 11.7 Å². The minimum Gasteiger partial charge on any atom is -0.507 e. The van der Waals surface area contributed by atoms with Crippen LogP contribution < -0.4 is 11.1 Å². The molecule has 0 aliphatic rings. The second-order valence-electron chi connectivity index (χ2n) is 4.41. The number of rotatable bonds is 5. The molecule has 0 radical (unpaired) electrons. The number of carbonyl (C=O) groups is 1. The van der Waals surface area contributed by atoms with Crippen LogP contribution >= 0.6 is 0 Å². The highest BCUT2D eigenvalue weighted by molar-refractivity contribution is 5.96. The molecule has 1 atom stereocenters. The predicted octanol–water partition coefficient (Wildman–Crippen LogP) is 1.42. The van der Waals surface area contributed by atoms with Crippen LogP contribution in [0.2, 0.25) is 0 Å². The Balaban J connectivity index is 2.61. The zero-order valence-electron chi connectivity index (χ0n) is 10.4. The highest BCUT2D eigenvalue weighted by Gasteiger charge is 2.11. The molecule has 0 aliphatic carbocycles. The van der Waals surface area contributed by atoms with E-state index in [1.165, 1.54) is 6.07 Å². The van der Waals surface area contributed by atoms with Gasteiger partial charge in [-0.15, -0.1) is 0 Å². The van der Waals surface area contributed by atoms with Crippen LogP contribution in [-0.4, -0.2) is 24.1 Å². The molecule has 0 bridgehead atoms. The molecule has 1 aromatic rings. The summed E-state index contributed by atoms with van der Waals surface area (Å²) in [7, 11) is 0. The zero-order chi connectivity index (χ0) is 12.8. The number of benzene rings is 1. The predicted molar refractivity (Wildman–Crippen MR) is 68.0 cm³/mol. The van der Waals surface area contributed by atoms with Gasteiger partial charge >= 0.3 is 0 Å². The van der Waals surface area contributed by atoms with Crippen molar-refractivity contribution in [3.05, 3.63) is 29.3 Å². The molecule has 0 saturated heterocycles. The maximum Gasteiger partial charge on any atom is 0.255 e. The molecule has 0 spiro atoms. The Morgan fingerprint density at radius 3 is 2.88 bits per heavy atom. The third kappa shape index (κ3) is 4.07. The summed E-state index contributed by atoms with van der Waals surface area (Å²) in [5.74, 6) is 0.116. The van der Waals surface area contributed by atoms with Crippen molar-refractivity contribution >= 4 is 5.91 Å². The van der Waals surface area contributed by atoms with E-state index in [0.717, 1.165) is 12.0 Å². The Bertz CT molecular complexity index is 391. The molecule has 1 aromatic carbocycles. The van der Waals surface area contributed by atoms with Crippen LogP contribution in [0.25, 0.3) is 0 Å². The first-order valence-corrected chi connectivity index (χ1v) is 5.82. The fraction of sp³-hybridized carbons (Fsp3) is 0.462. The Morgan fingerprint density at radius 2 is 2.24 bits per heavy atom. The number of aryl methyl sites for hydroxylation is 1. The first-order valence-electron chi connectivity index (χ1n) is 5.82. The van der Waals surface area contributed by atoms with Crippen LogP contribution in [0, 0.1) is 12.8 Å². The van der Waals surface area contributed by atoms with E-state index in [0.29, 0.717) is 24.6 Å². The smallest absolute Gasteiger partial charge is 0.255 e. The highest BCUT2D eigenvalue weighted by atomic mass is 16.3.